The van der Waals surface area contributed by atoms with Gasteiger partial charge in [0.15, 0.2) is 9.84 Å². The Hall–Kier alpha value is -1.07. The van der Waals surface area contributed by atoms with Gasteiger partial charge in [-0.2, -0.15) is 0 Å². The molecular weight excluding hydrogens is 252 g/mol. The SMILES string of the molecule is CC(C)(C)S(=O)(=O)CCOc1cccc(CO)c1. The number of aliphatic hydroxyl groups excluding tert-OH is 1. The third-order valence-electron chi connectivity index (χ3n) is 2.63. The molecule has 0 radical (unpaired) electrons. The molecule has 0 bridgehead atoms. The van der Waals surface area contributed by atoms with E-state index in [0.29, 0.717) is 5.75 Å². The fourth-order valence-corrected chi connectivity index (χ4v) is 2.22. The summed E-state index contributed by atoms with van der Waals surface area (Å²) < 4.78 is 28.3. The molecule has 0 unspecified atom stereocenters. The van der Waals surface area contributed by atoms with Gasteiger partial charge in [0, 0.05) is 0 Å². The fourth-order valence-electron chi connectivity index (χ4n) is 1.31. The van der Waals surface area contributed by atoms with Gasteiger partial charge < -0.3 is 9.84 Å². The Labute approximate surface area is 109 Å². The maximum atomic E-state index is 11.8. The summed E-state index contributed by atoms with van der Waals surface area (Å²) in [5, 5.41) is 8.97. The molecule has 1 N–H and O–H groups in total. The Bertz CT molecular complexity index is 486. The second-order valence-corrected chi connectivity index (χ2v) is 7.95. The Morgan fingerprint density at radius 2 is 1.94 bits per heavy atom. The zero-order valence-corrected chi connectivity index (χ0v) is 11.8. The van der Waals surface area contributed by atoms with Gasteiger partial charge in [0.1, 0.15) is 12.4 Å². The maximum absolute atomic E-state index is 11.8. The molecule has 0 aliphatic rings. The minimum absolute atomic E-state index is 0.0140. The minimum atomic E-state index is -3.16. The molecule has 102 valence electrons. The Balaban J connectivity index is 2.57. The molecule has 5 heteroatoms. The Morgan fingerprint density at radius 1 is 1.28 bits per heavy atom. The number of hydrogen-bond acceptors (Lipinski definition) is 4. The van der Waals surface area contributed by atoms with Gasteiger partial charge in [-0.15, -0.1) is 0 Å². The number of hydrogen-bond donors (Lipinski definition) is 1. The van der Waals surface area contributed by atoms with Gasteiger partial charge in [0.2, 0.25) is 0 Å². The Morgan fingerprint density at radius 3 is 2.50 bits per heavy atom. The lowest BCUT2D eigenvalue weighted by atomic mass is 10.2. The molecule has 1 aromatic rings. The van der Waals surface area contributed by atoms with Crippen molar-refractivity contribution in [1.29, 1.82) is 0 Å². The van der Waals surface area contributed by atoms with Crippen LogP contribution in [0.4, 0.5) is 0 Å². The molecule has 1 rings (SSSR count). The summed E-state index contributed by atoms with van der Waals surface area (Å²) in [6, 6.07) is 6.98. The van der Waals surface area contributed by atoms with E-state index in [1.165, 1.54) is 0 Å². The van der Waals surface area contributed by atoms with Gasteiger partial charge in [-0.05, 0) is 38.5 Å². The van der Waals surface area contributed by atoms with Crippen LogP contribution in [0.2, 0.25) is 0 Å². The number of benzene rings is 1. The van der Waals surface area contributed by atoms with Crippen LogP contribution in [0.1, 0.15) is 26.3 Å². The van der Waals surface area contributed by atoms with Crippen LogP contribution in [0, 0.1) is 0 Å². The summed E-state index contributed by atoms with van der Waals surface area (Å²) in [6.45, 7) is 5.09. The number of aliphatic hydroxyl groups is 1. The second-order valence-electron chi connectivity index (χ2n) is 5.09. The lowest BCUT2D eigenvalue weighted by molar-refractivity contribution is 0.280. The molecule has 4 nitrogen and oxygen atoms in total. The topological polar surface area (TPSA) is 63.6 Å². The predicted octanol–water partition coefficient (Wildman–Crippen LogP) is 1.77. The van der Waals surface area contributed by atoms with Gasteiger partial charge in [-0.3, -0.25) is 0 Å². The normalized spacial score (nSPS) is 12.4. The van der Waals surface area contributed by atoms with Crippen molar-refractivity contribution in [3.8, 4) is 5.75 Å². The summed E-state index contributed by atoms with van der Waals surface area (Å²) in [6.07, 6.45) is 0. The molecule has 0 amide bonds. The first-order chi connectivity index (χ1) is 8.26. The standard InChI is InChI=1S/C13H20O4S/c1-13(2,3)18(15,16)8-7-17-12-6-4-5-11(9-12)10-14/h4-6,9,14H,7-8,10H2,1-3H3. The van der Waals surface area contributed by atoms with Crippen molar-refractivity contribution in [3.05, 3.63) is 29.8 Å². The third kappa shape index (κ3) is 3.99. The lowest BCUT2D eigenvalue weighted by Gasteiger charge is -2.19. The van der Waals surface area contributed by atoms with E-state index in [1.54, 1.807) is 45.0 Å². The van der Waals surface area contributed by atoms with E-state index in [4.69, 9.17) is 9.84 Å². The number of ether oxygens (including phenoxy) is 1. The monoisotopic (exact) mass is 272 g/mol. The first kappa shape index (κ1) is 15.0. The van der Waals surface area contributed by atoms with E-state index in [1.807, 2.05) is 0 Å². The third-order valence-corrected chi connectivity index (χ3v) is 5.20. The number of rotatable bonds is 5. The summed E-state index contributed by atoms with van der Waals surface area (Å²) in [7, 11) is -3.16. The van der Waals surface area contributed by atoms with Gasteiger partial charge in [0.25, 0.3) is 0 Å². The molecule has 0 aromatic heterocycles. The molecule has 0 saturated heterocycles. The molecule has 0 fully saturated rings. The van der Waals surface area contributed by atoms with Gasteiger partial charge in [-0.1, -0.05) is 12.1 Å². The molecule has 1 aromatic carbocycles. The van der Waals surface area contributed by atoms with Crippen molar-refractivity contribution in [3.63, 3.8) is 0 Å². The van der Waals surface area contributed by atoms with Crippen molar-refractivity contribution in [2.45, 2.75) is 32.1 Å². The van der Waals surface area contributed by atoms with E-state index in [2.05, 4.69) is 0 Å². The summed E-state index contributed by atoms with van der Waals surface area (Å²) in [4.78, 5) is 0. The fraction of sp³-hybridized carbons (Fsp3) is 0.538. The minimum Gasteiger partial charge on any atom is -0.493 e. The quantitative estimate of drug-likeness (QED) is 0.887. The van der Waals surface area contributed by atoms with E-state index in [-0.39, 0.29) is 19.0 Å². The first-order valence-electron chi connectivity index (χ1n) is 5.81. The zero-order valence-electron chi connectivity index (χ0n) is 11.0. The van der Waals surface area contributed by atoms with Gasteiger partial charge >= 0.3 is 0 Å². The molecular formula is C13H20O4S. The predicted molar refractivity (Wildman–Crippen MR) is 71.4 cm³/mol. The molecule has 18 heavy (non-hydrogen) atoms. The summed E-state index contributed by atoms with van der Waals surface area (Å²) in [5.74, 6) is 0.561. The van der Waals surface area contributed by atoms with Crippen molar-refractivity contribution >= 4 is 9.84 Å². The largest absolute Gasteiger partial charge is 0.493 e. The van der Waals surface area contributed by atoms with Crippen LogP contribution in [-0.4, -0.2) is 30.6 Å². The highest BCUT2D eigenvalue weighted by molar-refractivity contribution is 7.92. The van der Waals surface area contributed by atoms with Crippen molar-refractivity contribution in [2.75, 3.05) is 12.4 Å². The highest BCUT2D eigenvalue weighted by Crippen LogP contribution is 2.17. The summed E-state index contributed by atoms with van der Waals surface area (Å²) >= 11 is 0. The van der Waals surface area contributed by atoms with Gasteiger partial charge in [-0.25, -0.2) is 8.42 Å². The average molecular weight is 272 g/mol. The van der Waals surface area contributed by atoms with Crippen LogP contribution in [0.25, 0.3) is 0 Å². The molecule has 0 aliphatic heterocycles. The molecule has 0 aliphatic carbocycles. The molecule has 0 saturated carbocycles. The van der Waals surface area contributed by atoms with Crippen LogP contribution < -0.4 is 4.74 Å². The van der Waals surface area contributed by atoms with Crippen molar-refractivity contribution in [1.82, 2.24) is 0 Å². The van der Waals surface area contributed by atoms with Crippen LogP contribution in [0.3, 0.4) is 0 Å². The lowest BCUT2D eigenvalue weighted by Crippen LogP contribution is -2.32. The van der Waals surface area contributed by atoms with Crippen LogP contribution in [0.5, 0.6) is 5.75 Å². The highest BCUT2D eigenvalue weighted by atomic mass is 32.2. The van der Waals surface area contributed by atoms with Crippen LogP contribution in [-0.2, 0) is 16.4 Å². The molecule has 0 atom stereocenters. The van der Waals surface area contributed by atoms with Crippen LogP contribution in [0.15, 0.2) is 24.3 Å². The average Bonchev–Trinajstić information content (AvgIpc) is 2.27. The van der Waals surface area contributed by atoms with E-state index in [9.17, 15) is 8.42 Å². The van der Waals surface area contributed by atoms with Crippen molar-refractivity contribution < 1.29 is 18.3 Å². The molecule has 0 heterocycles. The first-order valence-corrected chi connectivity index (χ1v) is 7.46. The van der Waals surface area contributed by atoms with E-state index >= 15 is 0 Å². The second kappa shape index (κ2) is 5.71. The van der Waals surface area contributed by atoms with E-state index in [0.717, 1.165) is 5.56 Å². The zero-order chi connectivity index (χ0) is 13.8. The van der Waals surface area contributed by atoms with Crippen LogP contribution >= 0.6 is 0 Å². The summed E-state index contributed by atoms with van der Waals surface area (Å²) in [5.41, 5.74) is 0.742. The van der Waals surface area contributed by atoms with E-state index < -0.39 is 14.6 Å². The number of sulfone groups is 1. The van der Waals surface area contributed by atoms with Gasteiger partial charge in [0.05, 0.1) is 17.1 Å². The van der Waals surface area contributed by atoms with Crippen molar-refractivity contribution in [2.24, 2.45) is 0 Å². The molecule has 0 spiro atoms. The highest BCUT2D eigenvalue weighted by Gasteiger charge is 2.28. The Kier molecular flexibility index (Phi) is 4.76. The smallest absolute Gasteiger partial charge is 0.158 e. The maximum Gasteiger partial charge on any atom is 0.158 e.